The highest BCUT2D eigenvalue weighted by Crippen LogP contribution is 2.40. The van der Waals surface area contributed by atoms with E-state index in [1.165, 1.54) is 12.8 Å². The number of amides is 1. The van der Waals surface area contributed by atoms with Gasteiger partial charge in [-0.3, -0.25) is 4.79 Å². The van der Waals surface area contributed by atoms with Crippen molar-refractivity contribution in [1.29, 1.82) is 0 Å². The number of carbonyl (C=O) groups excluding carboxylic acids is 1. The Hall–Kier alpha value is -0.830. The molecular formula is C11H17NO2. The van der Waals surface area contributed by atoms with E-state index in [1.54, 1.807) is 6.92 Å². The number of carbonyl (C=O) groups is 1. The SMILES string of the molecule is C/C(=C\CC1CCC2OC2C1)C(N)=O. The topological polar surface area (TPSA) is 55.6 Å². The molecular weight excluding hydrogens is 178 g/mol. The van der Waals surface area contributed by atoms with Crippen LogP contribution in [0.3, 0.4) is 0 Å². The number of allylic oxidation sites excluding steroid dienone is 1. The van der Waals surface area contributed by atoms with Crippen LogP contribution in [0.2, 0.25) is 0 Å². The first-order chi connectivity index (χ1) is 6.66. The molecule has 0 aromatic carbocycles. The molecule has 1 saturated carbocycles. The highest BCUT2D eigenvalue weighted by molar-refractivity contribution is 5.91. The Labute approximate surface area is 84.3 Å². The van der Waals surface area contributed by atoms with Crippen molar-refractivity contribution in [2.75, 3.05) is 0 Å². The number of primary amides is 1. The van der Waals surface area contributed by atoms with Crippen molar-refractivity contribution in [3.63, 3.8) is 0 Å². The van der Waals surface area contributed by atoms with Gasteiger partial charge in [0.25, 0.3) is 0 Å². The van der Waals surface area contributed by atoms with Gasteiger partial charge >= 0.3 is 0 Å². The molecule has 1 aliphatic carbocycles. The van der Waals surface area contributed by atoms with Crippen LogP contribution in [-0.2, 0) is 9.53 Å². The van der Waals surface area contributed by atoms with E-state index in [-0.39, 0.29) is 5.91 Å². The van der Waals surface area contributed by atoms with Crippen molar-refractivity contribution in [3.8, 4) is 0 Å². The number of rotatable bonds is 3. The maximum absolute atomic E-state index is 10.8. The highest BCUT2D eigenvalue weighted by Gasteiger charge is 2.43. The molecule has 2 fully saturated rings. The minimum atomic E-state index is -0.304. The first-order valence-electron chi connectivity index (χ1n) is 5.29. The van der Waals surface area contributed by atoms with Crippen molar-refractivity contribution < 1.29 is 9.53 Å². The van der Waals surface area contributed by atoms with E-state index in [0.717, 1.165) is 12.8 Å². The van der Waals surface area contributed by atoms with Crippen LogP contribution in [0.5, 0.6) is 0 Å². The quantitative estimate of drug-likeness (QED) is 0.546. The fourth-order valence-electron chi connectivity index (χ4n) is 2.14. The molecule has 78 valence electrons. The summed E-state index contributed by atoms with van der Waals surface area (Å²) < 4.78 is 5.45. The first-order valence-corrected chi connectivity index (χ1v) is 5.29. The molecule has 3 nitrogen and oxygen atoms in total. The Bertz CT molecular complexity index is 272. The maximum atomic E-state index is 10.8. The van der Waals surface area contributed by atoms with E-state index in [2.05, 4.69) is 0 Å². The number of epoxide rings is 1. The molecule has 14 heavy (non-hydrogen) atoms. The molecule has 0 aromatic rings. The molecule has 2 rings (SSSR count). The lowest BCUT2D eigenvalue weighted by molar-refractivity contribution is -0.114. The fourth-order valence-corrected chi connectivity index (χ4v) is 2.14. The average molecular weight is 195 g/mol. The Morgan fingerprint density at radius 2 is 2.29 bits per heavy atom. The standard InChI is InChI=1S/C11H17NO2/c1-7(11(12)13)2-3-8-4-5-9-10(6-8)14-9/h2,8-10H,3-6H2,1H3,(H2,12,13)/b7-2+. The van der Waals surface area contributed by atoms with E-state index in [4.69, 9.17) is 10.5 Å². The highest BCUT2D eigenvalue weighted by atomic mass is 16.6. The van der Waals surface area contributed by atoms with E-state index >= 15 is 0 Å². The third-order valence-corrected chi connectivity index (χ3v) is 3.26. The molecule has 1 amide bonds. The molecule has 0 radical (unpaired) electrons. The largest absolute Gasteiger partial charge is 0.370 e. The molecule has 1 saturated heterocycles. The van der Waals surface area contributed by atoms with Gasteiger partial charge in [-0.05, 0) is 38.5 Å². The fraction of sp³-hybridized carbons (Fsp3) is 0.727. The summed E-state index contributed by atoms with van der Waals surface area (Å²) in [5, 5.41) is 0. The monoisotopic (exact) mass is 195 g/mol. The summed E-state index contributed by atoms with van der Waals surface area (Å²) in [6, 6.07) is 0. The molecule has 3 heteroatoms. The molecule has 3 unspecified atom stereocenters. The summed E-state index contributed by atoms with van der Waals surface area (Å²) in [7, 11) is 0. The predicted octanol–water partition coefficient (Wildman–Crippen LogP) is 1.38. The summed E-state index contributed by atoms with van der Waals surface area (Å²) in [6.07, 6.45) is 7.61. The smallest absolute Gasteiger partial charge is 0.244 e. The lowest BCUT2D eigenvalue weighted by Crippen LogP contribution is -2.14. The van der Waals surface area contributed by atoms with Crippen molar-refractivity contribution in [2.24, 2.45) is 11.7 Å². The van der Waals surface area contributed by atoms with Gasteiger partial charge in [0.2, 0.25) is 5.91 Å². The van der Waals surface area contributed by atoms with Crippen LogP contribution < -0.4 is 5.73 Å². The van der Waals surface area contributed by atoms with Gasteiger partial charge in [-0.2, -0.15) is 0 Å². The Kier molecular flexibility index (Phi) is 2.59. The zero-order valence-corrected chi connectivity index (χ0v) is 8.53. The second kappa shape index (κ2) is 3.73. The number of hydrogen-bond donors (Lipinski definition) is 1. The average Bonchev–Trinajstić information content (AvgIpc) is 2.91. The lowest BCUT2D eigenvalue weighted by atomic mass is 9.86. The summed E-state index contributed by atoms with van der Waals surface area (Å²) in [5.41, 5.74) is 5.84. The molecule has 2 aliphatic rings. The van der Waals surface area contributed by atoms with Crippen molar-refractivity contribution in [2.45, 2.75) is 44.8 Å². The van der Waals surface area contributed by atoms with Gasteiger partial charge < -0.3 is 10.5 Å². The summed E-state index contributed by atoms with van der Waals surface area (Å²) in [4.78, 5) is 10.8. The van der Waals surface area contributed by atoms with Crippen LogP contribution in [0.4, 0.5) is 0 Å². The Morgan fingerprint density at radius 1 is 1.50 bits per heavy atom. The second-order valence-corrected chi connectivity index (χ2v) is 4.38. The number of fused-ring (bicyclic) bond motifs is 1. The number of nitrogens with two attached hydrogens (primary N) is 1. The minimum Gasteiger partial charge on any atom is -0.370 e. The van der Waals surface area contributed by atoms with Crippen molar-refractivity contribution >= 4 is 5.91 Å². The zero-order chi connectivity index (χ0) is 10.1. The number of hydrogen-bond acceptors (Lipinski definition) is 2. The van der Waals surface area contributed by atoms with Crippen molar-refractivity contribution in [1.82, 2.24) is 0 Å². The Balaban J connectivity index is 1.79. The van der Waals surface area contributed by atoms with E-state index < -0.39 is 0 Å². The molecule has 0 spiro atoms. The van der Waals surface area contributed by atoms with Gasteiger partial charge in [0.1, 0.15) is 0 Å². The van der Waals surface area contributed by atoms with Gasteiger partial charge in [0.15, 0.2) is 0 Å². The molecule has 3 atom stereocenters. The summed E-state index contributed by atoms with van der Waals surface area (Å²) in [5.74, 6) is 0.384. The van der Waals surface area contributed by atoms with Crippen molar-refractivity contribution in [3.05, 3.63) is 11.6 Å². The van der Waals surface area contributed by atoms with Crippen LogP contribution in [0.15, 0.2) is 11.6 Å². The van der Waals surface area contributed by atoms with Gasteiger partial charge in [0.05, 0.1) is 12.2 Å². The van der Waals surface area contributed by atoms with Gasteiger partial charge in [-0.1, -0.05) is 6.08 Å². The molecule has 2 N–H and O–H groups in total. The van der Waals surface area contributed by atoms with E-state index in [0.29, 0.717) is 23.7 Å². The van der Waals surface area contributed by atoms with Crippen LogP contribution in [-0.4, -0.2) is 18.1 Å². The van der Waals surface area contributed by atoms with Gasteiger partial charge in [-0.15, -0.1) is 0 Å². The second-order valence-electron chi connectivity index (χ2n) is 4.38. The van der Waals surface area contributed by atoms with E-state index in [1.807, 2.05) is 6.08 Å². The lowest BCUT2D eigenvalue weighted by Gasteiger charge is -2.16. The first kappa shape index (κ1) is 9.71. The maximum Gasteiger partial charge on any atom is 0.244 e. The third-order valence-electron chi connectivity index (χ3n) is 3.26. The predicted molar refractivity (Wildman–Crippen MR) is 53.6 cm³/mol. The van der Waals surface area contributed by atoms with Crippen LogP contribution in [0.25, 0.3) is 0 Å². The molecule has 0 bridgehead atoms. The van der Waals surface area contributed by atoms with Gasteiger partial charge in [-0.25, -0.2) is 0 Å². The minimum absolute atomic E-state index is 0.304. The van der Waals surface area contributed by atoms with Gasteiger partial charge in [0, 0.05) is 5.57 Å². The van der Waals surface area contributed by atoms with E-state index in [9.17, 15) is 4.79 Å². The Morgan fingerprint density at radius 3 is 2.93 bits per heavy atom. The van der Waals surface area contributed by atoms with Crippen LogP contribution in [0, 0.1) is 5.92 Å². The molecule has 1 heterocycles. The summed E-state index contributed by atoms with van der Waals surface area (Å²) in [6.45, 7) is 1.78. The number of ether oxygens (including phenoxy) is 1. The molecule has 1 aliphatic heterocycles. The third kappa shape index (κ3) is 2.15. The molecule has 0 aromatic heterocycles. The van der Waals surface area contributed by atoms with Crippen LogP contribution in [0.1, 0.15) is 32.6 Å². The zero-order valence-electron chi connectivity index (χ0n) is 8.53. The summed E-state index contributed by atoms with van der Waals surface area (Å²) >= 11 is 0. The van der Waals surface area contributed by atoms with Crippen LogP contribution >= 0.6 is 0 Å². The normalized spacial score (nSPS) is 36.4.